The van der Waals surface area contributed by atoms with Crippen LogP contribution in [0.25, 0.3) is 16.0 Å². The zero-order valence-electron chi connectivity index (χ0n) is 13.6. The highest BCUT2D eigenvalue weighted by molar-refractivity contribution is 7.19. The molecule has 4 aromatic rings. The van der Waals surface area contributed by atoms with Crippen LogP contribution in [0, 0.1) is 13.8 Å². The molecule has 0 unspecified atom stereocenters. The number of carbonyl (C=O) groups excluding carboxylic acids is 2. The number of carbonyl (C=O) groups is 2. The van der Waals surface area contributed by atoms with Gasteiger partial charge in [0.1, 0.15) is 10.6 Å². The molecule has 5 rings (SSSR count). The second kappa shape index (κ2) is 4.77. The summed E-state index contributed by atoms with van der Waals surface area (Å²) in [6.45, 7) is 3.90. The second-order valence-corrected chi connectivity index (χ2v) is 7.14. The monoisotopic (exact) mass is 347 g/mol. The standard InChI is InChI=1S/C19H13N3O2S/c1-10-6-5-9-13(11(10)2)22-17(23)15-16(18(22)24)25-19-20-12-7-3-4-8-14(12)21(15)19/h3-9H,1-2H3. The summed E-state index contributed by atoms with van der Waals surface area (Å²) in [5.41, 5.74) is 4.72. The summed E-state index contributed by atoms with van der Waals surface area (Å²) in [7, 11) is 0. The van der Waals surface area contributed by atoms with Crippen LogP contribution in [0.15, 0.2) is 42.5 Å². The summed E-state index contributed by atoms with van der Waals surface area (Å²) in [5.74, 6) is -0.559. The normalized spacial score (nSPS) is 14.1. The van der Waals surface area contributed by atoms with Crippen LogP contribution in [0.5, 0.6) is 0 Å². The molecule has 0 bridgehead atoms. The minimum Gasteiger partial charge on any atom is -0.277 e. The van der Waals surface area contributed by atoms with Crippen LogP contribution in [0.2, 0.25) is 0 Å². The number of nitrogens with zero attached hydrogens (tertiary/aromatic N) is 3. The Kier molecular flexibility index (Phi) is 2.74. The molecule has 0 saturated heterocycles. The van der Waals surface area contributed by atoms with Crippen molar-refractivity contribution in [2.24, 2.45) is 0 Å². The molecular weight excluding hydrogens is 334 g/mol. The van der Waals surface area contributed by atoms with E-state index in [0.717, 1.165) is 22.2 Å². The molecule has 0 fully saturated rings. The molecular formula is C19H13N3O2S. The summed E-state index contributed by atoms with van der Waals surface area (Å²) in [4.78, 5) is 33.1. The molecule has 0 spiro atoms. The average Bonchev–Trinajstić information content (AvgIpc) is 3.20. The number of anilines is 1. The number of benzene rings is 2. The van der Waals surface area contributed by atoms with Gasteiger partial charge in [-0.2, -0.15) is 0 Å². The molecule has 0 saturated carbocycles. The Balaban J connectivity index is 1.78. The van der Waals surface area contributed by atoms with Crippen LogP contribution in [0.4, 0.5) is 5.69 Å². The molecule has 1 aliphatic rings. The van der Waals surface area contributed by atoms with Crippen molar-refractivity contribution < 1.29 is 9.59 Å². The first-order valence-corrected chi connectivity index (χ1v) is 8.74. The lowest BCUT2D eigenvalue weighted by molar-refractivity contribution is 0.0925. The lowest BCUT2D eigenvalue weighted by atomic mass is 10.1. The first-order chi connectivity index (χ1) is 12.1. The Morgan fingerprint density at radius 1 is 0.960 bits per heavy atom. The number of rotatable bonds is 1. The minimum absolute atomic E-state index is 0.270. The fourth-order valence-corrected chi connectivity index (χ4v) is 4.42. The first kappa shape index (κ1) is 14.4. The van der Waals surface area contributed by atoms with Gasteiger partial charge in [-0.05, 0) is 43.2 Å². The molecule has 1 aliphatic heterocycles. The Labute approximate surface area is 147 Å². The fraction of sp³-hybridized carbons (Fsp3) is 0.105. The maximum Gasteiger partial charge on any atom is 0.284 e. The van der Waals surface area contributed by atoms with E-state index in [-0.39, 0.29) is 11.8 Å². The second-order valence-electron chi connectivity index (χ2n) is 6.16. The van der Waals surface area contributed by atoms with Crippen molar-refractivity contribution in [3.8, 4) is 0 Å². The van der Waals surface area contributed by atoms with Crippen LogP contribution in [0.3, 0.4) is 0 Å². The van der Waals surface area contributed by atoms with Gasteiger partial charge >= 0.3 is 0 Å². The van der Waals surface area contributed by atoms with E-state index in [0.29, 0.717) is 21.2 Å². The molecule has 5 nitrogen and oxygen atoms in total. The van der Waals surface area contributed by atoms with Gasteiger partial charge in [0.15, 0.2) is 4.96 Å². The van der Waals surface area contributed by atoms with Gasteiger partial charge in [0, 0.05) is 0 Å². The van der Waals surface area contributed by atoms with Gasteiger partial charge in [-0.1, -0.05) is 35.6 Å². The van der Waals surface area contributed by atoms with E-state index in [2.05, 4.69) is 4.98 Å². The molecule has 0 aliphatic carbocycles. The van der Waals surface area contributed by atoms with Crippen molar-refractivity contribution in [1.82, 2.24) is 9.38 Å². The Hall–Kier alpha value is -2.99. The van der Waals surface area contributed by atoms with Gasteiger partial charge in [-0.15, -0.1) is 0 Å². The number of aromatic nitrogens is 2. The highest BCUT2D eigenvalue weighted by atomic mass is 32.1. The molecule has 2 aromatic carbocycles. The Bertz CT molecular complexity index is 1220. The van der Waals surface area contributed by atoms with Gasteiger partial charge in [0.05, 0.1) is 16.7 Å². The zero-order chi connectivity index (χ0) is 17.3. The van der Waals surface area contributed by atoms with E-state index in [1.165, 1.54) is 16.2 Å². The Morgan fingerprint density at radius 3 is 2.60 bits per heavy atom. The number of imide groups is 1. The fourth-order valence-electron chi connectivity index (χ4n) is 3.36. The van der Waals surface area contributed by atoms with E-state index in [1.807, 2.05) is 56.3 Å². The molecule has 0 N–H and O–H groups in total. The van der Waals surface area contributed by atoms with Crippen LogP contribution < -0.4 is 4.90 Å². The SMILES string of the molecule is Cc1cccc(N2C(=O)c3sc4nc5ccccc5n4c3C2=O)c1C. The molecule has 3 heterocycles. The maximum atomic E-state index is 13.2. The molecule has 0 atom stereocenters. The third kappa shape index (κ3) is 1.74. The maximum absolute atomic E-state index is 13.2. The van der Waals surface area contributed by atoms with Crippen molar-refractivity contribution in [2.75, 3.05) is 4.90 Å². The molecule has 6 heteroatoms. The van der Waals surface area contributed by atoms with Crippen LogP contribution in [-0.2, 0) is 0 Å². The summed E-state index contributed by atoms with van der Waals surface area (Å²) >= 11 is 1.27. The number of hydrogen-bond acceptors (Lipinski definition) is 4. The molecule has 0 radical (unpaired) electrons. The number of imidazole rings is 1. The third-order valence-electron chi connectivity index (χ3n) is 4.78. The third-order valence-corrected chi connectivity index (χ3v) is 5.81. The average molecular weight is 347 g/mol. The lowest BCUT2D eigenvalue weighted by Gasteiger charge is -2.17. The largest absolute Gasteiger partial charge is 0.284 e. The summed E-state index contributed by atoms with van der Waals surface area (Å²) in [5, 5.41) is 0. The number of amides is 2. The predicted molar refractivity (Wildman–Crippen MR) is 97.6 cm³/mol. The van der Waals surface area contributed by atoms with Gasteiger partial charge in [-0.3, -0.25) is 14.0 Å². The van der Waals surface area contributed by atoms with Crippen LogP contribution in [-0.4, -0.2) is 21.2 Å². The van der Waals surface area contributed by atoms with Gasteiger partial charge in [0.25, 0.3) is 11.8 Å². The first-order valence-electron chi connectivity index (χ1n) is 7.93. The minimum atomic E-state index is -0.289. The van der Waals surface area contributed by atoms with E-state index in [9.17, 15) is 9.59 Å². The van der Waals surface area contributed by atoms with Crippen LogP contribution >= 0.6 is 11.3 Å². The predicted octanol–water partition coefficient (Wildman–Crippen LogP) is 3.97. The number of fused-ring (bicyclic) bond motifs is 5. The zero-order valence-corrected chi connectivity index (χ0v) is 14.4. The highest BCUT2D eigenvalue weighted by Gasteiger charge is 2.42. The van der Waals surface area contributed by atoms with Crippen molar-refractivity contribution in [2.45, 2.75) is 13.8 Å². The smallest absolute Gasteiger partial charge is 0.277 e. The summed E-state index contributed by atoms with van der Waals surface area (Å²) in [6.07, 6.45) is 0. The van der Waals surface area contributed by atoms with Crippen molar-refractivity contribution in [1.29, 1.82) is 0 Å². The lowest BCUT2D eigenvalue weighted by Crippen LogP contribution is -2.30. The van der Waals surface area contributed by atoms with Crippen molar-refractivity contribution in [3.05, 3.63) is 64.2 Å². The van der Waals surface area contributed by atoms with Crippen molar-refractivity contribution >= 4 is 44.8 Å². The molecule has 2 aromatic heterocycles. The topological polar surface area (TPSA) is 54.7 Å². The number of hydrogen-bond donors (Lipinski definition) is 0. The number of para-hydroxylation sites is 2. The summed E-state index contributed by atoms with van der Waals surface area (Å²) < 4.78 is 1.81. The quantitative estimate of drug-likeness (QED) is 0.490. The van der Waals surface area contributed by atoms with E-state index >= 15 is 0 Å². The summed E-state index contributed by atoms with van der Waals surface area (Å²) in [6, 6.07) is 13.3. The Morgan fingerprint density at radius 2 is 1.76 bits per heavy atom. The number of thiazole rings is 1. The van der Waals surface area contributed by atoms with E-state index in [4.69, 9.17) is 0 Å². The van der Waals surface area contributed by atoms with Gasteiger partial charge < -0.3 is 0 Å². The van der Waals surface area contributed by atoms with Crippen molar-refractivity contribution in [3.63, 3.8) is 0 Å². The number of aryl methyl sites for hydroxylation is 1. The molecule has 2 amide bonds. The highest BCUT2D eigenvalue weighted by Crippen LogP contribution is 2.37. The van der Waals surface area contributed by atoms with Crippen LogP contribution in [0.1, 0.15) is 31.3 Å². The van der Waals surface area contributed by atoms with E-state index in [1.54, 1.807) is 4.40 Å². The molecule has 122 valence electrons. The molecule has 25 heavy (non-hydrogen) atoms. The van der Waals surface area contributed by atoms with E-state index < -0.39 is 0 Å². The van der Waals surface area contributed by atoms with Gasteiger partial charge in [-0.25, -0.2) is 9.88 Å². The van der Waals surface area contributed by atoms with Gasteiger partial charge in [0.2, 0.25) is 0 Å².